The molecule has 3 aromatic rings. The molecule has 0 saturated carbocycles. The van der Waals surface area contributed by atoms with Crippen molar-refractivity contribution in [2.75, 3.05) is 11.9 Å². The third-order valence-corrected chi connectivity index (χ3v) is 4.51. The van der Waals surface area contributed by atoms with Gasteiger partial charge in [-0.25, -0.2) is 0 Å². The van der Waals surface area contributed by atoms with Crippen LogP contribution in [0.1, 0.15) is 17.0 Å². The van der Waals surface area contributed by atoms with Crippen molar-refractivity contribution in [3.8, 4) is 11.1 Å². The molecule has 1 nitrogen and oxygen atoms in total. The van der Waals surface area contributed by atoms with Crippen LogP contribution in [0.4, 0.5) is 5.69 Å². The van der Waals surface area contributed by atoms with E-state index in [0.29, 0.717) is 5.92 Å². The minimum absolute atomic E-state index is 0.555. The van der Waals surface area contributed by atoms with Gasteiger partial charge in [-0.15, -0.1) is 0 Å². The summed E-state index contributed by atoms with van der Waals surface area (Å²) in [6.07, 6.45) is 1.12. The molecule has 0 aliphatic carbocycles. The summed E-state index contributed by atoms with van der Waals surface area (Å²) >= 11 is 0. The molecular weight excluding hydrogens is 266 g/mol. The van der Waals surface area contributed by atoms with Crippen LogP contribution in [-0.2, 0) is 6.42 Å². The zero-order chi connectivity index (χ0) is 14.8. The summed E-state index contributed by atoms with van der Waals surface area (Å²) in [5.41, 5.74) is 6.70. The quantitative estimate of drug-likeness (QED) is 0.690. The van der Waals surface area contributed by atoms with Crippen LogP contribution in [0.3, 0.4) is 0 Å². The first-order valence-corrected chi connectivity index (χ1v) is 7.87. The Morgan fingerprint density at radius 1 is 0.682 bits per heavy atom. The van der Waals surface area contributed by atoms with E-state index in [1.807, 2.05) is 0 Å². The minimum Gasteiger partial charge on any atom is -0.384 e. The van der Waals surface area contributed by atoms with Crippen LogP contribution in [0.5, 0.6) is 0 Å². The van der Waals surface area contributed by atoms with Crippen LogP contribution in [0.15, 0.2) is 78.9 Å². The molecule has 1 N–H and O–H groups in total. The van der Waals surface area contributed by atoms with Crippen molar-refractivity contribution in [3.05, 3.63) is 90.0 Å². The van der Waals surface area contributed by atoms with Crippen LogP contribution >= 0.6 is 0 Å². The van der Waals surface area contributed by atoms with Crippen LogP contribution < -0.4 is 5.32 Å². The molecule has 1 atom stereocenters. The summed E-state index contributed by atoms with van der Waals surface area (Å²) in [4.78, 5) is 0. The predicted molar refractivity (Wildman–Crippen MR) is 93.3 cm³/mol. The second-order valence-corrected chi connectivity index (χ2v) is 5.93. The highest BCUT2D eigenvalue weighted by Gasteiger charge is 2.19. The molecule has 1 aliphatic heterocycles. The van der Waals surface area contributed by atoms with Gasteiger partial charge in [-0.05, 0) is 34.7 Å². The highest BCUT2D eigenvalue weighted by atomic mass is 14.9. The van der Waals surface area contributed by atoms with Gasteiger partial charge in [-0.2, -0.15) is 0 Å². The number of benzene rings is 3. The van der Waals surface area contributed by atoms with Gasteiger partial charge in [0.05, 0.1) is 0 Å². The number of fused-ring (bicyclic) bond motifs is 1. The molecule has 0 radical (unpaired) electrons. The van der Waals surface area contributed by atoms with Gasteiger partial charge in [0.15, 0.2) is 0 Å². The molecule has 0 aromatic heterocycles. The Balaban J connectivity index is 1.57. The van der Waals surface area contributed by atoms with Crippen LogP contribution in [0.2, 0.25) is 0 Å². The lowest BCUT2D eigenvalue weighted by atomic mass is 9.87. The Kier molecular flexibility index (Phi) is 3.40. The predicted octanol–water partition coefficient (Wildman–Crippen LogP) is 5.11. The highest BCUT2D eigenvalue weighted by molar-refractivity contribution is 5.64. The van der Waals surface area contributed by atoms with E-state index in [-0.39, 0.29) is 0 Å². The number of hydrogen-bond donors (Lipinski definition) is 1. The molecule has 1 unspecified atom stereocenters. The Labute approximate surface area is 131 Å². The molecule has 0 amide bonds. The number of hydrogen-bond acceptors (Lipinski definition) is 1. The SMILES string of the molecule is c1ccc(-c2ccc(C3CNc4ccccc4C3)cc2)cc1. The van der Waals surface area contributed by atoms with Gasteiger partial charge >= 0.3 is 0 Å². The molecule has 0 bridgehead atoms. The molecule has 3 aromatic carbocycles. The van der Waals surface area contributed by atoms with Crippen LogP contribution in [0.25, 0.3) is 11.1 Å². The molecule has 108 valence electrons. The van der Waals surface area contributed by atoms with E-state index < -0.39 is 0 Å². The maximum Gasteiger partial charge on any atom is 0.0373 e. The van der Waals surface area contributed by atoms with E-state index in [2.05, 4.69) is 84.2 Å². The van der Waals surface area contributed by atoms with Gasteiger partial charge in [-0.1, -0.05) is 72.8 Å². The van der Waals surface area contributed by atoms with E-state index in [9.17, 15) is 0 Å². The lowest BCUT2D eigenvalue weighted by Gasteiger charge is -2.26. The first kappa shape index (κ1) is 13.1. The van der Waals surface area contributed by atoms with Crippen molar-refractivity contribution in [3.63, 3.8) is 0 Å². The fourth-order valence-electron chi connectivity index (χ4n) is 3.26. The molecule has 1 heterocycles. The van der Waals surface area contributed by atoms with Crippen molar-refractivity contribution in [1.82, 2.24) is 0 Å². The summed E-state index contributed by atoms with van der Waals surface area (Å²) in [6.45, 7) is 1.02. The molecule has 1 heteroatoms. The molecule has 1 aliphatic rings. The second-order valence-electron chi connectivity index (χ2n) is 5.93. The Bertz CT molecular complexity index is 759. The lowest BCUT2D eigenvalue weighted by Crippen LogP contribution is -2.21. The fraction of sp³-hybridized carbons (Fsp3) is 0.143. The van der Waals surface area contributed by atoms with Crippen LogP contribution in [0, 0.1) is 0 Å². The molecule has 4 rings (SSSR count). The van der Waals surface area contributed by atoms with E-state index >= 15 is 0 Å². The van der Waals surface area contributed by atoms with Gasteiger partial charge < -0.3 is 5.32 Å². The number of nitrogens with one attached hydrogen (secondary N) is 1. The van der Waals surface area contributed by atoms with E-state index in [0.717, 1.165) is 13.0 Å². The Morgan fingerprint density at radius 2 is 1.36 bits per heavy atom. The average Bonchev–Trinajstić information content (AvgIpc) is 2.62. The number of para-hydroxylation sites is 1. The topological polar surface area (TPSA) is 12.0 Å². The normalized spacial score (nSPS) is 16.6. The van der Waals surface area contributed by atoms with Gasteiger partial charge in [-0.3, -0.25) is 0 Å². The number of rotatable bonds is 2. The van der Waals surface area contributed by atoms with E-state index in [1.165, 1.54) is 27.9 Å². The summed E-state index contributed by atoms with van der Waals surface area (Å²) in [5, 5.41) is 3.56. The molecular formula is C21H19N. The lowest BCUT2D eigenvalue weighted by molar-refractivity contribution is 0.695. The largest absolute Gasteiger partial charge is 0.384 e. The molecule has 0 spiro atoms. The smallest absolute Gasteiger partial charge is 0.0373 e. The first-order valence-electron chi connectivity index (χ1n) is 7.87. The van der Waals surface area contributed by atoms with Crippen molar-refractivity contribution in [2.45, 2.75) is 12.3 Å². The standard InChI is InChI=1S/C21H19N/c1-2-6-16(7-3-1)17-10-12-18(13-11-17)20-14-19-8-4-5-9-21(19)22-15-20/h1-13,20,22H,14-15H2. The van der Waals surface area contributed by atoms with Gasteiger partial charge in [0, 0.05) is 18.2 Å². The summed E-state index contributed by atoms with van der Waals surface area (Å²) in [5.74, 6) is 0.555. The average molecular weight is 285 g/mol. The van der Waals surface area contributed by atoms with Crippen molar-refractivity contribution >= 4 is 5.69 Å². The monoisotopic (exact) mass is 285 g/mol. The molecule has 22 heavy (non-hydrogen) atoms. The Hall–Kier alpha value is -2.54. The van der Waals surface area contributed by atoms with E-state index in [4.69, 9.17) is 0 Å². The Morgan fingerprint density at radius 3 is 2.18 bits per heavy atom. The fourth-order valence-corrected chi connectivity index (χ4v) is 3.26. The van der Waals surface area contributed by atoms with Gasteiger partial charge in [0.2, 0.25) is 0 Å². The maximum atomic E-state index is 3.56. The molecule has 0 fully saturated rings. The second kappa shape index (κ2) is 5.69. The van der Waals surface area contributed by atoms with Crippen LogP contribution in [-0.4, -0.2) is 6.54 Å². The zero-order valence-electron chi connectivity index (χ0n) is 12.5. The summed E-state index contributed by atoms with van der Waals surface area (Å²) in [6, 6.07) is 28.2. The molecule has 0 saturated heterocycles. The summed E-state index contributed by atoms with van der Waals surface area (Å²) < 4.78 is 0. The third kappa shape index (κ3) is 2.50. The van der Waals surface area contributed by atoms with Gasteiger partial charge in [0.25, 0.3) is 0 Å². The van der Waals surface area contributed by atoms with Crippen molar-refractivity contribution in [2.24, 2.45) is 0 Å². The third-order valence-electron chi connectivity index (χ3n) is 4.51. The highest BCUT2D eigenvalue weighted by Crippen LogP contribution is 2.31. The zero-order valence-corrected chi connectivity index (χ0v) is 12.5. The van der Waals surface area contributed by atoms with Gasteiger partial charge in [0.1, 0.15) is 0 Å². The minimum atomic E-state index is 0.555. The first-order chi connectivity index (χ1) is 10.9. The van der Waals surface area contributed by atoms with Crippen molar-refractivity contribution in [1.29, 1.82) is 0 Å². The van der Waals surface area contributed by atoms with E-state index in [1.54, 1.807) is 0 Å². The maximum absolute atomic E-state index is 3.56. The summed E-state index contributed by atoms with van der Waals surface area (Å²) in [7, 11) is 0. The van der Waals surface area contributed by atoms with Crippen molar-refractivity contribution < 1.29 is 0 Å². The number of anilines is 1.